The molecule has 4 rings (SSSR count). The van der Waals surface area contributed by atoms with E-state index in [2.05, 4.69) is 76.0 Å². The fourth-order valence-corrected chi connectivity index (χ4v) is 4.70. The molecule has 0 N–H and O–H groups in total. The zero-order chi connectivity index (χ0) is 21.6. The first-order valence-corrected chi connectivity index (χ1v) is 11.6. The van der Waals surface area contributed by atoms with Crippen molar-refractivity contribution < 1.29 is 0 Å². The van der Waals surface area contributed by atoms with Crippen LogP contribution >= 0.6 is 0 Å². The van der Waals surface area contributed by atoms with Crippen molar-refractivity contribution in [2.24, 2.45) is 0 Å². The van der Waals surface area contributed by atoms with Crippen LogP contribution in [-0.4, -0.2) is 62.8 Å². The summed E-state index contributed by atoms with van der Waals surface area (Å²) in [6.07, 6.45) is 3.97. The minimum absolute atomic E-state index is 0.802. The molecule has 2 fully saturated rings. The number of anilines is 2. The maximum Gasteiger partial charge on any atom is 0.0995 e. The van der Waals surface area contributed by atoms with Crippen LogP contribution in [0.4, 0.5) is 11.4 Å². The Kier molecular flexibility index (Phi) is 7.11. The van der Waals surface area contributed by atoms with Gasteiger partial charge < -0.3 is 9.80 Å². The van der Waals surface area contributed by atoms with Gasteiger partial charge in [0.1, 0.15) is 0 Å². The fraction of sp³-hybridized carbons (Fsp3) is 0.500. The molecule has 0 radical (unpaired) electrons. The third kappa shape index (κ3) is 5.58. The second-order valence-electron chi connectivity index (χ2n) is 9.07. The topological polar surface area (TPSA) is 36.8 Å². The molecule has 5 nitrogen and oxygen atoms in total. The summed E-state index contributed by atoms with van der Waals surface area (Å²) >= 11 is 0. The quantitative estimate of drug-likeness (QED) is 0.708. The van der Waals surface area contributed by atoms with E-state index in [1.54, 1.807) is 0 Å². The van der Waals surface area contributed by atoms with Gasteiger partial charge in [0.15, 0.2) is 0 Å². The van der Waals surface area contributed by atoms with Crippen molar-refractivity contribution in [3.63, 3.8) is 0 Å². The minimum atomic E-state index is 0.802. The molecular weight excluding hydrogens is 382 g/mol. The van der Waals surface area contributed by atoms with Gasteiger partial charge in [-0.05, 0) is 68.8 Å². The molecule has 5 heteroatoms. The Bertz CT molecular complexity index is 887. The van der Waals surface area contributed by atoms with Crippen molar-refractivity contribution in [2.75, 3.05) is 62.8 Å². The van der Waals surface area contributed by atoms with Crippen LogP contribution in [0.2, 0.25) is 0 Å². The highest BCUT2D eigenvalue weighted by Gasteiger charge is 2.19. The number of nitriles is 1. The Hall–Kier alpha value is -2.55. The molecule has 164 valence electrons. The molecular formula is C26H35N5. The Balaban J connectivity index is 1.38. The van der Waals surface area contributed by atoms with Crippen LogP contribution in [0.15, 0.2) is 42.5 Å². The monoisotopic (exact) mass is 417 g/mol. The van der Waals surface area contributed by atoms with Crippen LogP contribution in [0.25, 0.3) is 0 Å². The van der Waals surface area contributed by atoms with E-state index in [-0.39, 0.29) is 0 Å². The third-order valence-electron chi connectivity index (χ3n) is 6.68. The molecule has 0 aliphatic carbocycles. The molecule has 0 spiro atoms. The lowest BCUT2D eigenvalue weighted by Gasteiger charge is -2.36. The van der Waals surface area contributed by atoms with E-state index in [4.69, 9.17) is 0 Å². The highest BCUT2D eigenvalue weighted by Crippen LogP contribution is 2.23. The molecule has 0 unspecified atom stereocenters. The Labute approximate surface area is 187 Å². The second-order valence-corrected chi connectivity index (χ2v) is 9.07. The first kappa shape index (κ1) is 21.7. The summed E-state index contributed by atoms with van der Waals surface area (Å²) in [7, 11) is 2.17. The van der Waals surface area contributed by atoms with E-state index < -0.39 is 0 Å². The van der Waals surface area contributed by atoms with Gasteiger partial charge in [0.25, 0.3) is 0 Å². The average molecular weight is 418 g/mol. The Morgan fingerprint density at radius 3 is 2.26 bits per heavy atom. The molecule has 2 heterocycles. The van der Waals surface area contributed by atoms with Crippen molar-refractivity contribution in [3.8, 4) is 6.07 Å². The van der Waals surface area contributed by atoms with Crippen molar-refractivity contribution in [2.45, 2.75) is 32.7 Å². The molecule has 0 amide bonds. The van der Waals surface area contributed by atoms with Gasteiger partial charge in [-0.25, -0.2) is 0 Å². The molecule has 0 saturated carbocycles. The normalized spacial score (nSPS) is 18.0. The molecule has 2 saturated heterocycles. The lowest BCUT2D eigenvalue weighted by atomic mass is 10.1. The van der Waals surface area contributed by atoms with Crippen molar-refractivity contribution in [1.29, 1.82) is 5.26 Å². The van der Waals surface area contributed by atoms with E-state index >= 15 is 0 Å². The van der Waals surface area contributed by atoms with Crippen molar-refractivity contribution in [3.05, 3.63) is 59.2 Å². The maximum absolute atomic E-state index is 9.65. The zero-order valence-electron chi connectivity index (χ0n) is 19.1. The predicted molar refractivity (Wildman–Crippen MR) is 129 cm³/mol. The SMILES string of the molecule is Cc1ccc(N2CCN(Cc3cc(N(C)CN4CCCCC4)ccc3C#N)CC2)cc1. The Morgan fingerprint density at radius 2 is 1.58 bits per heavy atom. The number of rotatable bonds is 6. The highest BCUT2D eigenvalue weighted by molar-refractivity contribution is 5.53. The third-order valence-corrected chi connectivity index (χ3v) is 6.68. The zero-order valence-corrected chi connectivity index (χ0v) is 19.1. The molecule has 0 aromatic heterocycles. The molecule has 31 heavy (non-hydrogen) atoms. The van der Waals surface area contributed by atoms with Crippen LogP contribution in [0.5, 0.6) is 0 Å². The van der Waals surface area contributed by atoms with Gasteiger partial charge in [-0.1, -0.05) is 24.1 Å². The van der Waals surface area contributed by atoms with Crippen LogP contribution in [0.1, 0.15) is 36.0 Å². The molecule has 2 aliphatic heterocycles. The van der Waals surface area contributed by atoms with Gasteiger partial charge in [-0.2, -0.15) is 5.26 Å². The number of hydrogen-bond acceptors (Lipinski definition) is 5. The van der Waals surface area contributed by atoms with Crippen molar-refractivity contribution in [1.82, 2.24) is 9.80 Å². The van der Waals surface area contributed by atoms with Crippen molar-refractivity contribution >= 4 is 11.4 Å². The van der Waals surface area contributed by atoms with Gasteiger partial charge in [-0.15, -0.1) is 0 Å². The highest BCUT2D eigenvalue weighted by atomic mass is 15.3. The molecule has 2 aromatic carbocycles. The van der Waals surface area contributed by atoms with Crippen LogP contribution in [-0.2, 0) is 6.54 Å². The van der Waals surface area contributed by atoms with Crippen LogP contribution in [0.3, 0.4) is 0 Å². The predicted octanol–water partition coefficient (Wildman–Crippen LogP) is 4.07. The molecule has 2 aliphatic rings. The lowest BCUT2D eigenvalue weighted by Crippen LogP contribution is -2.46. The lowest BCUT2D eigenvalue weighted by molar-refractivity contribution is 0.231. The summed E-state index contributed by atoms with van der Waals surface area (Å²) in [4.78, 5) is 9.80. The number of hydrogen-bond donors (Lipinski definition) is 0. The molecule has 0 bridgehead atoms. The number of piperidine rings is 1. The number of benzene rings is 2. The van der Waals surface area contributed by atoms with Crippen LogP contribution < -0.4 is 9.80 Å². The maximum atomic E-state index is 9.65. The number of piperazine rings is 1. The summed E-state index contributed by atoms with van der Waals surface area (Å²) in [5, 5.41) is 9.65. The van der Waals surface area contributed by atoms with E-state index in [1.807, 2.05) is 6.07 Å². The number of nitrogens with zero attached hydrogens (tertiary/aromatic N) is 5. The summed E-state index contributed by atoms with van der Waals surface area (Å²) in [6, 6.07) is 17.6. The van der Waals surface area contributed by atoms with E-state index in [0.717, 1.165) is 50.5 Å². The van der Waals surface area contributed by atoms with Gasteiger partial charge >= 0.3 is 0 Å². The summed E-state index contributed by atoms with van der Waals surface area (Å²) < 4.78 is 0. The summed E-state index contributed by atoms with van der Waals surface area (Å²) in [5.41, 5.74) is 5.77. The average Bonchev–Trinajstić information content (AvgIpc) is 2.81. The number of likely N-dealkylation sites (tertiary alicyclic amines) is 1. The van der Waals surface area contributed by atoms with Gasteiger partial charge in [0.05, 0.1) is 18.3 Å². The van der Waals surface area contributed by atoms with E-state index in [1.165, 1.54) is 49.3 Å². The standard InChI is InChI=1S/C26H35N5/c1-22-6-9-25(10-7-22)31-16-14-29(15-17-31)20-24-18-26(11-8-23(24)19-27)28(2)21-30-12-4-3-5-13-30/h6-11,18H,3-5,12-17,20-21H2,1-2H3. The Morgan fingerprint density at radius 1 is 0.871 bits per heavy atom. The van der Waals surface area contributed by atoms with E-state index in [0.29, 0.717) is 0 Å². The minimum Gasteiger partial charge on any atom is -0.369 e. The fourth-order valence-electron chi connectivity index (χ4n) is 4.70. The summed E-state index contributed by atoms with van der Waals surface area (Å²) in [5.74, 6) is 0. The van der Waals surface area contributed by atoms with Gasteiger partial charge in [-0.3, -0.25) is 9.80 Å². The summed E-state index contributed by atoms with van der Waals surface area (Å²) in [6.45, 7) is 10.4. The second kappa shape index (κ2) is 10.2. The first-order chi connectivity index (χ1) is 15.1. The van der Waals surface area contributed by atoms with Gasteiger partial charge in [0, 0.05) is 51.1 Å². The van der Waals surface area contributed by atoms with E-state index in [9.17, 15) is 5.26 Å². The van der Waals surface area contributed by atoms with Crippen LogP contribution in [0, 0.1) is 18.3 Å². The first-order valence-electron chi connectivity index (χ1n) is 11.6. The number of aryl methyl sites for hydroxylation is 1. The molecule has 0 atom stereocenters. The van der Waals surface area contributed by atoms with Gasteiger partial charge in [0.2, 0.25) is 0 Å². The largest absolute Gasteiger partial charge is 0.369 e. The molecule has 2 aromatic rings. The smallest absolute Gasteiger partial charge is 0.0995 e.